The molecule has 4 aromatic rings. The van der Waals surface area contributed by atoms with Gasteiger partial charge in [0.1, 0.15) is 12.4 Å². The van der Waals surface area contributed by atoms with Crippen LogP contribution in [0.1, 0.15) is 23.6 Å². The molecule has 33 heavy (non-hydrogen) atoms. The first-order chi connectivity index (χ1) is 16.1. The lowest BCUT2D eigenvalue weighted by Crippen LogP contribution is -2.01. The van der Waals surface area contributed by atoms with Gasteiger partial charge in [-0.2, -0.15) is 5.26 Å². The molecule has 0 unspecified atom stereocenters. The van der Waals surface area contributed by atoms with Crippen molar-refractivity contribution in [3.63, 3.8) is 0 Å². The summed E-state index contributed by atoms with van der Waals surface area (Å²) >= 11 is 3.59. The van der Waals surface area contributed by atoms with Crippen molar-refractivity contribution >= 4 is 38.4 Å². The number of rotatable bonds is 7. The molecule has 0 saturated carbocycles. The van der Waals surface area contributed by atoms with Crippen molar-refractivity contribution in [3.8, 4) is 17.6 Å². The predicted octanol–water partition coefficient (Wildman–Crippen LogP) is 7.78. The lowest BCUT2D eigenvalue weighted by molar-refractivity contribution is 0.269. The summed E-state index contributed by atoms with van der Waals surface area (Å²) in [6, 6.07) is 26.3. The Balaban J connectivity index is 1.66. The van der Waals surface area contributed by atoms with Gasteiger partial charge < -0.3 is 9.47 Å². The van der Waals surface area contributed by atoms with Gasteiger partial charge in [0.05, 0.1) is 18.2 Å². The Morgan fingerprint density at radius 2 is 1.73 bits per heavy atom. The predicted molar refractivity (Wildman–Crippen MR) is 133 cm³/mol. The van der Waals surface area contributed by atoms with Crippen LogP contribution in [0.5, 0.6) is 11.5 Å². The van der Waals surface area contributed by atoms with Gasteiger partial charge in [-0.05, 0) is 70.8 Å². The number of nitrogens with zero attached hydrogens (tertiary/aromatic N) is 1. The minimum atomic E-state index is -0.305. The average molecular weight is 502 g/mol. The number of allylic oxidation sites excluding steroid dienone is 1. The smallest absolute Gasteiger partial charge is 0.162 e. The third-order valence-electron chi connectivity index (χ3n) is 5.13. The van der Waals surface area contributed by atoms with Gasteiger partial charge in [-0.15, -0.1) is 0 Å². The van der Waals surface area contributed by atoms with Crippen LogP contribution in [0.4, 0.5) is 4.39 Å². The molecule has 0 aromatic heterocycles. The summed E-state index contributed by atoms with van der Waals surface area (Å²) < 4.78 is 25.9. The van der Waals surface area contributed by atoms with E-state index < -0.39 is 0 Å². The first-order valence-electron chi connectivity index (χ1n) is 10.5. The Hall–Kier alpha value is -3.62. The summed E-state index contributed by atoms with van der Waals surface area (Å²) in [5, 5.41) is 12.0. The molecule has 0 atom stereocenters. The highest BCUT2D eigenvalue weighted by atomic mass is 79.9. The van der Waals surface area contributed by atoms with Gasteiger partial charge in [-0.25, -0.2) is 4.39 Å². The van der Waals surface area contributed by atoms with E-state index in [4.69, 9.17) is 9.47 Å². The van der Waals surface area contributed by atoms with Crippen molar-refractivity contribution in [3.05, 3.63) is 106 Å². The van der Waals surface area contributed by atoms with Crippen molar-refractivity contribution in [2.24, 2.45) is 0 Å². The van der Waals surface area contributed by atoms with Gasteiger partial charge in [0.2, 0.25) is 0 Å². The molecule has 0 bridgehead atoms. The SMILES string of the molecule is CCOc1cc(/C=C(/C#N)c2ccc3ccccc3c2)c(Br)cc1OCc1cccc(F)c1. The Labute approximate surface area is 200 Å². The summed E-state index contributed by atoms with van der Waals surface area (Å²) in [6.45, 7) is 2.56. The fourth-order valence-corrected chi connectivity index (χ4v) is 3.96. The van der Waals surface area contributed by atoms with E-state index >= 15 is 0 Å². The van der Waals surface area contributed by atoms with Crippen LogP contribution in [-0.2, 0) is 6.61 Å². The number of benzene rings is 4. The molecular formula is C28H21BrFNO2. The molecule has 0 N–H and O–H groups in total. The van der Waals surface area contributed by atoms with Crippen LogP contribution < -0.4 is 9.47 Å². The standard InChI is InChI=1S/C28H21BrFNO2/c1-2-32-27-15-23(26(29)16-28(27)33-18-19-6-5-9-25(30)12-19)14-24(17-31)22-11-10-20-7-3-4-8-21(20)13-22/h3-16H,2,18H2,1H3/b24-14-. The second-order valence-electron chi connectivity index (χ2n) is 7.40. The van der Waals surface area contributed by atoms with Gasteiger partial charge in [-0.3, -0.25) is 0 Å². The molecule has 0 aliphatic carbocycles. The molecule has 0 saturated heterocycles. The molecule has 5 heteroatoms. The monoisotopic (exact) mass is 501 g/mol. The third-order valence-corrected chi connectivity index (χ3v) is 5.81. The van der Waals surface area contributed by atoms with Crippen LogP contribution in [0, 0.1) is 17.1 Å². The summed E-state index contributed by atoms with van der Waals surface area (Å²) in [4.78, 5) is 0. The van der Waals surface area contributed by atoms with Crippen LogP contribution in [0.15, 0.2) is 83.3 Å². The lowest BCUT2D eigenvalue weighted by atomic mass is 10.00. The normalized spacial score (nSPS) is 11.3. The summed E-state index contributed by atoms with van der Waals surface area (Å²) in [5.41, 5.74) is 2.90. The zero-order chi connectivity index (χ0) is 23.2. The van der Waals surface area contributed by atoms with Crippen molar-refractivity contribution in [1.29, 1.82) is 5.26 Å². The topological polar surface area (TPSA) is 42.2 Å². The first-order valence-corrected chi connectivity index (χ1v) is 11.3. The molecule has 0 aliphatic heterocycles. The fourth-order valence-electron chi connectivity index (χ4n) is 3.52. The van der Waals surface area contributed by atoms with E-state index in [1.165, 1.54) is 12.1 Å². The fraction of sp³-hybridized carbons (Fsp3) is 0.107. The summed E-state index contributed by atoms with van der Waals surface area (Å²) in [7, 11) is 0. The molecule has 0 aliphatic rings. The lowest BCUT2D eigenvalue weighted by Gasteiger charge is -2.14. The van der Waals surface area contributed by atoms with E-state index in [2.05, 4.69) is 22.0 Å². The van der Waals surface area contributed by atoms with Crippen LogP contribution in [0.3, 0.4) is 0 Å². The van der Waals surface area contributed by atoms with E-state index in [0.29, 0.717) is 23.7 Å². The Morgan fingerprint density at radius 3 is 2.48 bits per heavy atom. The Bertz CT molecular complexity index is 1370. The zero-order valence-corrected chi connectivity index (χ0v) is 19.6. The maximum absolute atomic E-state index is 13.5. The second-order valence-corrected chi connectivity index (χ2v) is 8.26. The van der Waals surface area contributed by atoms with Crippen LogP contribution in [-0.4, -0.2) is 6.61 Å². The highest BCUT2D eigenvalue weighted by Crippen LogP contribution is 2.36. The maximum Gasteiger partial charge on any atom is 0.162 e. The van der Waals surface area contributed by atoms with Crippen molar-refractivity contribution < 1.29 is 13.9 Å². The van der Waals surface area contributed by atoms with Crippen molar-refractivity contribution in [2.75, 3.05) is 6.61 Å². The molecule has 0 fully saturated rings. The molecule has 0 radical (unpaired) electrons. The number of hydrogen-bond donors (Lipinski definition) is 0. The number of fused-ring (bicyclic) bond motifs is 1. The largest absolute Gasteiger partial charge is 0.490 e. The number of nitriles is 1. The van der Waals surface area contributed by atoms with Gasteiger partial charge >= 0.3 is 0 Å². The molecule has 0 amide bonds. The van der Waals surface area contributed by atoms with E-state index in [1.54, 1.807) is 12.1 Å². The first kappa shape index (κ1) is 22.6. The second kappa shape index (κ2) is 10.3. The van der Waals surface area contributed by atoms with E-state index in [0.717, 1.165) is 31.9 Å². The van der Waals surface area contributed by atoms with E-state index in [-0.39, 0.29) is 12.4 Å². The summed E-state index contributed by atoms with van der Waals surface area (Å²) in [6.07, 6.45) is 1.83. The minimum Gasteiger partial charge on any atom is -0.490 e. The zero-order valence-electron chi connectivity index (χ0n) is 18.0. The quantitative estimate of drug-likeness (QED) is 0.191. The molecular weight excluding hydrogens is 481 g/mol. The number of halogens is 2. The average Bonchev–Trinajstić information content (AvgIpc) is 2.83. The molecule has 164 valence electrons. The Kier molecular flexibility index (Phi) is 7.07. The van der Waals surface area contributed by atoms with E-state index in [9.17, 15) is 9.65 Å². The van der Waals surface area contributed by atoms with Crippen molar-refractivity contribution in [1.82, 2.24) is 0 Å². The highest BCUT2D eigenvalue weighted by molar-refractivity contribution is 9.10. The van der Waals surface area contributed by atoms with Crippen LogP contribution >= 0.6 is 15.9 Å². The maximum atomic E-state index is 13.5. The molecule has 3 nitrogen and oxygen atoms in total. The van der Waals surface area contributed by atoms with Crippen LogP contribution in [0.25, 0.3) is 22.4 Å². The van der Waals surface area contributed by atoms with Gasteiger partial charge in [-0.1, -0.05) is 64.5 Å². The highest BCUT2D eigenvalue weighted by Gasteiger charge is 2.12. The van der Waals surface area contributed by atoms with Gasteiger partial charge in [0, 0.05) is 4.47 Å². The summed E-state index contributed by atoms with van der Waals surface area (Å²) in [5.74, 6) is 0.786. The molecule has 0 heterocycles. The third kappa shape index (κ3) is 5.42. The Morgan fingerprint density at radius 1 is 0.939 bits per heavy atom. The van der Waals surface area contributed by atoms with E-state index in [1.807, 2.05) is 67.6 Å². The molecule has 4 aromatic carbocycles. The van der Waals surface area contributed by atoms with Crippen LogP contribution in [0.2, 0.25) is 0 Å². The number of hydrogen-bond acceptors (Lipinski definition) is 3. The van der Waals surface area contributed by atoms with Gasteiger partial charge in [0.25, 0.3) is 0 Å². The van der Waals surface area contributed by atoms with Crippen molar-refractivity contribution in [2.45, 2.75) is 13.5 Å². The van der Waals surface area contributed by atoms with Gasteiger partial charge in [0.15, 0.2) is 11.5 Å². The molecule has 4 rings (SSSR count). The number of ether oxygens (including phenoxy) is 2. The minimum absolute atomic E-state index is 0.208. The molecule has 0 spiro atoms.